The van der Waals surface area contributed by atoms with Gasteiger partial charge < -0.3 is 15.3 Å². The minimum atomic E-state index is -0.977. The van der Waals surface area contributed by atoms with Crippen LogP contribution >= 0.6 is 11.3 Å². The Morgan fingerprint density at radius 1 is 1.50 bits per heavy atom. The second kappa shape index (κ2) is 6.10. The van der Waals surface area contributed by atoms with Crippen LogP contribution in [0.5, 0.6) is 0 Å². The number of hydrogen-bond donors (Lipinski definition) is 2. The second-order valence-electron chi connectivity index (χ2n) is 3.64. The van der Waals surface area contributed by atoms with Gasteiger partial charge in [0.25, 0.3) is 0 Å². The first kappa shape index (κ1) is 14.1. The highest BCUT2D eigenvalue weighted by Crippen LogP contribution is 2.15. The summed E-state index contributed by atoms with van der Waals surface area (Å²) in [5.74, 6) is -1.56. The summed E-state index contributed by atoms with van der Waals surface area (Å²) in [6.07, 6.45) is -0.181. The molecule has 0 spiro atoms. The SMILES string of the molecule is CC(=O)N(C)CC(=O)Nc1nc(CC(=O)O)cs1. The molecule has 0 aromatic carbocycles. The molecule has 0 saturated heterocycles. The molecule has 18 heavy (non-hydrogen) atoms. The maximum atomic E-state index is 11.5. The van der Waals surface area contributed by atoms with Crippen molar-refractivity contribution in [2.75, 3.05) is 18.9 Å². The standard InChI is InChI=1S/C10H13N3O4S/c1-6(14)13(2)4-8(15)12-10-11-7(5-18-10)3-9(16)17/h5H,3-4H2,1-2H3,(H,16,17)(H,11,12,15). The molecule has 1 aromatic heterocycles. The Bertz CT molecular complexity index is 471. The first-order valence-corrected chi connectivity index (χ1v) is 5.94. The van der Waals surface area contributed by atoms with E-state index in [0.29, 0.717) is 10.8 Å². The van der Waals surface area contributed by atoms with Crippen molar-refractivity contribution >= 4 is 34.3 Å². The van der Waals surface area contributed by atoms with Gasteiger partial charge in [0.05, 0.1) is 18.7 Å². The van der Waals surface area contributed by atoms with Gasteiger partial charge in [0.15, 0.2) is 5.13 Å². The zero-order valence-corrected chi connectivity index (χ0v) is 10.8. The van der Waals surface area contributed by atoms with E-state index in [1.165, 1.54) is 18.9 Å². The third-order valence-corrected chi connectivity index (χ3v) is 2.86. The Hall–Kier alpha value is -1.96. The van der Waals surface area contributed by atoms with E-state index in [1.807, 2.05) is 0 Å². The fraction of sp³-hybridized carbons (Fsp3) is 0.400. The molecular formula is C10H13N3O4S. The molecule has 98 valence electrons. The molecule has 7 nitrogen and oxygen atoms in total. The van der Waals surface area contributed by atoms with Crippen molar-refractivity contribution in [3.63, 3.8) is 0 Å². The minimum absolute atomic E-state index is 0.0663. The predicted octanol–water partition coefficient (Wildman–Crippen LogP) is 0.187. The molecule has 0 unspecified atom stereocenters. The monoisotopic (exact) mass is 271 g/mol. The van der Waals surface area contributed by atoms with Crippen LogP contribution < -0.4 is 5.32 Å². The number of rotatable bonds is 5. The molecule has 1 heterocycles. The van der Waals surface area contributed by atoms with Crippen molar-refractivity contribution in [1.29, 1.82) is 0 Å². The summed E-state index contributed by atoms with van der Waals surface area (Å²) in [6.45, 7) is 1.30. The van der Waals surface area contributed by atoms with E-state index in [0.717, 1.165) is 11.3 Å². The van der Waals surface area contributed by atoms with Crippen molar-refractivity contribution in [3.05, 3.63) is 11.1 Å². The summed E-state index contributed by atoms with van der Waals surface area (Å²) < 4.78 is 0. The summed E-state index contributed by atoms with van der Waals surface area (Å²) in [4.78, 5) is 38.1. The Morgan fingerprint density at radius 3 is 2.72 bits per heavy atom. The largest absolute Gasteiger partial charge is 0.481 e. The first-order valence-electron chi connectivity index (χ1n) is 5.06. The molecule has 0 saturated carbocycles. The molecule has 0 radical (unpaired) electrons. The van der Waals surface area contributed by atoms with Crippen LogP contribution in [0.25, 0.3) is 0 Å². The molecule has 0 aliphatic heterocycles. The summed E-state index contributed by atoms with van der Waals surface area (Å²) >= 11 is 1.15. The van der Waals surface area contributed by atoms with Gasteiger partial charge in [-0.2, -0.15) is 0 Å². The van der Waals surface area contributed by atoms with Gasteiger partial charge >= 0.3 is 5.97 Å². The van der Waals surface area contributed by atoms with E-state index in [9.17, 15) is 14.4 Å². The number of hydrogen-bond acceptors (Lipinski definition) is 5. The van der Waals surface area contributed by atoms with E-state index in [1.54, 1.807) is 5.38 Å². The van der Waals surface area contributed by atoms with E-state index in [-0.39, 0.29) is 24.8 Å². The molecule has 0 atom stereocenters. The summed E-state index contributed by atoms with van der Waals surface area (Å²) in [5.41, 5.74) is 0.391. The number of aromatic nitrogens is 1. The lowest BCUT2D eigenvalue weighted by Gasteiger charge is -2.13. The van der Waals surface area contributed by atoms with Gasteiger partial charge in [0.2, 0.25) is 11.8 Å². The first-order chi connectivity index (χ1) is 8.38. The number of aliphatic carboxylic acids is 1. The number of anilines is 1. The molecule has 1 rings (SSSR count). The van der Waals surface area contributed by atoms with Gasteiger partial charge in [-0.3, -0.25) is 14.4 Å². The lowest BCUT2D eigenvalue weighted by Crippen LogP contribution is -2.33. The number of thiazole rings is 1. The van der Waals surface area contributed by atoms with Gasteiger partial charge in [0, 0.05) is 19.4 Å². The summed E-state index contributed by atoms with van der Waals surface area (Å²) in [7, 11) is 1.51. The normalized spacial score (nSPS) is 9.89. The number of carbonyl (C=O) groups excluding carboxylic acids is 2. The fourth-order valence-electron chi connectivity index (χ4n) is 1.09. The molecule has 0 bridgehead atoms. The number of amides is 2. The maximum Gasteiger partial charge on any atom is 0.309 e. The second-order valence-corrected chi connectivity index (χ2v) is 4.50. The van der Waals surface area contributed by atoms with Crippen LogP contribution in [0, 0.1) is 0 Å². The van der Waals surface area contributed by atoms with Gasteiger partial charge in [-0.15, -0.1) is 11.3 Å². The van der Waals surface area contributed by atoms with Crippen LogP contribution in [0.1, 0.15) is 12.6 Å². The molecule has 8 heteroatoms. The topological polar surface area (TPSA) is 99.6 Å². The van der Waals surface area contributed by atoms with Crippen LogP contribution in [0.3, 0.4) is 0 Å². The molecule has 1 aromatic rings. The van der Waals surface area contributed by atoms with Crippen LogP contribution in [0.2, 0.25) is 0 Å². The molecule has 2 amide bonds. The van der Waals surface area contributed by atoms with Gasteiger partial charge in [0.1, 0.15) is 0 Å². The van der Waals surface area contributed by atoms with Gasteiger partial charge in [-0.25, -0.2) is 4.98 Å². The van der Waals surface area contributed by atoms with E-state index in [4.69, 9.17) is 5.11 Å². The predicted molar refractivity (Wildman–Crippen MR) is 65.4 cm³/mol. The zero-order chi connectivity index (χ0) is 13.7. The average Bonchev–Trinajstić information content (AvgIpc) is 2.63. The van der Waals surface area contributed by atoms with Crippen molar-refractivity contribution in [2.45, 2.75) is 13.3 Å². The number of nitrogens with zero attached hydrogens (tertiary/aromatic N) is 2. The highest BCUT2D eigenvalue weighted by Gasteiger charge is 2.11. The summed E-state index contributed by atoms with van der Waals surface area (Å²) in [5, 5.41) is 13.0. The zero-order valence-electron chi connectivity index (χ0n) is 9.97. The quantitative estimate of drug-likeness (QED) is 0.796. The molecule has 0 aliphatic carbocycles. The van der Waals surface area contributed by atoms with Crippen molar-refractivity contribution < 1.29 is 19.5 Å². The van der Waals surface area contributed by atoms with Crippen LogP contribution in [0.15, 0.2) is 5.38 Å². The average molecular weight is 271 g/mol. The Morgan fingerprint density at radius 2 is 2.17 bits per heavy atom. The Kier molecular flexibility index (Phi) is 4.78. The maximum absolute atomic E-state index is 11.5. The number of likely N-dealkylation sites (N-methyl/N-ethyl adjacent to an activating group) is 1. The Balaban J connectivity index is 2.52. The number of carboxylic acid groups (broad SMARTS) is 1. The highest BCUT2D eigenvalue weighted by atomic mass is 32.1. The molecule has 2 N–H and O–H groups in total. The van der Waals surface area contributed by atoms with E-state index >= 15 is 0 Å². The third-order valence-electron chi connectivity index (χ3n) is 2.05. The van der Waals surface area contributed by atoms with Gasteiger partial charge in [-0.1, -0.05) is 0 Å². The van der Waals surface area contributed by atoms with Crippen molar-refractivity contribution in [1.82, 2.24) is 9.88 Å². The van der Waals surface area contributed by atoms with Crippen LogP contribution in [0.4, 0.5) is 5.13 Å². The highest BCUT2D eigenvalue weighted by molar-refractivity contribution is 7.13. The van der Waals surface area contributed by atoms with Gasteiger partial charge in [-0.05, 0) is 0 Å². The number of carbonyl (C=O) groups is 3. The van der Waals surface area contributed by atoms with Crippen molar-refractivity contribution in [2.24, 2.45) is 0 Å². The Labute approximate surface area is 107 Å². The van der Waals surface area contributed by atoms with Crippen molar-refractivity contribution in [3.8, 4) is 0 Å². The van der Waals surface area contributed by atoms with E-state index < -0.39 is 5.97 Å². The lowest BCUT2D eigenvalue weighted by molar-refractivity contribution is -0.136. The van der Waals surface area contributed by atoms with Crippen LogP contribution in [-0.4, -0.2) is 46.4 Å². The third kappa shape index (κ3) is 4.50. The molecular weight excluding hydrogens is 258 g/mol. The smallest absolute Gasteiger partial charge is 0.309 e. The minimum Gasteiger partial charge on any atom is -0.481 e. The number of carboxylic acids is 1. The van der Waals surface area contributed by atoms with Crippen LogP contribution in [-0.2, 0) is 20.8 Å². The lowest BCUT2D eigenvalue weighted by atomic mass is 10.3. The van der Waals surface area contributed by atoms with E-state index in [2.05, 4.69) is 10.3 Å². The summed E-state index contributed by atoms with van der Waals surface area (Å²) in [6, 6.07) is 0. The molecule has 0 aliphatic rings. The number of nitrogens with one attached hydrogen (secondary N) is 1. The fourth-order valence-corrected chi connectivity index (χ4v) is 1.81. The molecule has 0 fully saturated rings.